The van der Waals surface area contributed by atoms with Gasteiger partial charge in [-0.3, -0.25) is 4.72 Å². The number of nitrogens with two attached hydrogens (primary N) is 1. The highest BCUT2D eigenvalue weighted by molar-refractivity contribution is 7.99. The first-order valence-corrected chi connectivity index (χ1v) is 6.24. The van der Waals surface area contributed by atoms with Crippen LogP contribution in [0.25, 0.3) is 0 Å². The van der Waals surface area contributed by atoms with Gasteiger partial charge in [0.1, 0.15) is 0 Å². The predicted molar refractivity (Wildman–Crippen MR) is 62.4 cm³/mol. The summed E-state index contributed by atoms with van der Waals surface area (Å²) < 4.78 is 2.23. The van der Waals surface area contributed by atoms with Crippen LogP contribution in [0.3, 0.4) is 0 Å². The van der Waals surface area contributed by atoms with Gasteiger partial charge in [0.15, 0.2) is 0 Å². The van der Waals surface area contributed by atoms with Gasteiger partial charge in [-0.15, -0.1) is 0 Å². The molecule has 0 aromatic rings. The van der Waals surface area contributed by atoms with Gasteiger partial charge in [0, 0.05) is 0 Å². The molecule has 0 aromatic heterocycles. The van der Waals surface area contributed by atoms with Crippen molar-refractivity contribution in [2.75, 3.05) is 6.61 Å². The fourth-order valence-corrected chi connectivity index (χ4v) is 2.93. The van der Waals surface area contributed by atoms with Crippen molar-refractivity contribution in [1.82, 2.24) is 4.72 Å². The summed E-state index contributed by atoms with van der Waals surface area (Å²) in [6.45, 7) is 2.06. The Balaban J connectivity index is 2.52. The number of aliphatic hydroxyl groups is 1. The van der Waals surface area contributed by atoms with Crippen molar-refractivity contribution in [3.05, 3.63) is 0 Å². The molecule has 1 rings (SSSR count). The van der Waals surface area contributed by atoms with Gasteiger partial charge in [0.2, 0.25) is 0 Å². The molecule has 4 N–H and O–H groups in total. The maximum atomic E-state index is 10.7. The van der Waals surface area contributed by atoms with Crippen LogP contribution in [0.15, 0.2) is 0 Å². The highest BCUT2D eigenvalue weighted by Crippen LogP contribution is 2.39. The van der Waals surface area contributed by atoms with E-state index in [1.54, 1.807) is 0 Å². The quantitative estimate of drug-likeness (QED) is 0.645. The van der Waals surface area contributed by atoms with Crippen LogP contribution in [0.2, 0.25) is 0 Å². The maximum Gasteiger partial charge on any atom is 0.322 e. The molecule has 0 aliphatic heterocycles. The molecule has 5 heteroatoms. The molecule has 1 aliphatic rings. The monoisotopic (exact) mass is 232 g/mol. The predicted octanol–water partition coefficient (Wildman–Crippen LogP) is 1.63. The molecule has 88 valence electrons. The van der Waals surface area contributed by atoms with E-state index in [0.29, 0.717) is 5.92 Å². The topological polar surface area (TPSA) is 75.3 Å². The van der Waals surface area contributed by atoms with Crippen LogP contribution in [0.5, 0.6) is 0 Å². The summed E-state index contributed by atoms with van der Waals surface area (Å²) >= 11 is 1.26. The van der Waals surface area contributed by atoms with Gasteiger partial charge in [-0.1, -0.05) is 19.3 Å². The lowest BCUT2D eigenvalue weighted by molar-refractivity contribution is 0.184. The molecule has 1 aliphatic carbocycles. The van der Waals surface area contributed by atoms with Crippen LogP contribution in [0.4, 0.5) is 4.79 Å². The standard InChI is InChI=1S/C10H20N2O2S/c1-10(7-13,15-12-9(11)14)8-5-3-2-4-6-8/h8,13H,2-7H2,1H3,(H3,11,12,14). The molecule has 1 atom stereocenters. The molecule has 4 nitrogen and oxygen atoms in total. The van der Waals surface area contributed by atoms with Gasteiger partial charge in [0.25, 0.3) is 0 Å². The van der Waals surface area contributed by atoms with Crippen LogP contribution in [0.1, 0.15) is 39.0 Å². The summed E-state index contributed by atoms with van der Waals surface area (Å²) in [5, 5.41) is 9.44. The van der Waals surface area contributed by atoms with E-state index >= 15 is 0 Å². The molecular weight excluding hydrogens is 212 g/mol. The maximum absolute atomic E-state index is 10.7. The van der Waals surface area contributed by atoms with E-state index in [4.69, 9.17) is 5.73 Å². The number of carbonyl (C=O) groups excluding carboxylic acids is 1. The summed E-state index contributed by atoms with van der Waals surface area (Å²) in [6.07, 6.45) is 5.98. The number of rotatable bonds is 4. The molecule has 1 unspecified atom stereocenters. The lowest BCUT2D eigenvalue weighted by Gasteiger charge is -2.37. The van der Waals surface area contributed by atoms with Gasteiger partial charge >= 0.3 is 6.03 Å². The molecule has 1 fully saturated rings. The Labute approximate surface area is 95.1 Å². The molecule has 0 spiro atoms. The number of carbonyl (C=O) groups is 1. The van der Waals surface area contributed by atoms with Crippen LogP contribution >= 0.6 is 11.9 Å². The van der Waals surface area contributed by atoms with Crippen molar-refractivity contribution in [3.8, 4) is 0 Å². The summed E-state index contributed by atoms with van der Waals surface area (Å²) in [5.74, 6) is 0.466. The molecule has 0 radical (unpaired) electrons. The van der Waals surface area contributed by atoms with Crippen molar-refractivity contribution in [3.63, 3.8) is 0 Å². The molecule has 1 saturated carbocycles. The minimum absolute atomic E-state index is 0.0720. The van der Waals surface area contributed by atoms with E-state index in [1.807, 2.05) is 6.92 Å². The number of urea groups is 1. The fourth-order valence-electron chi connectivity index (χ4n) is 2.12. The molecule has 0 bridgehead atoms. The Bertz CT molecular complexity index is 219. The largest absolute Gasteiger partial charge is 0.395 e. The third kappa shape index (κ3) is 3.57. The Kier molecular flexibility index (Phi) is 4.73. The summed E-state index contributed by atoms with van der Waals surface area (Å²) in [5.41, 5.74) is 5.03. The lowest BCUT2D eigenvalue weighted by Crippen LogP contribution is -2.41. The number of amides is 2. The van der Waals surface area contributed by atoms with Crippen LogP contribution in [-0.4, -0.2) is 22.5 Å². The van der Waals surface area contributed by atoms with Crippen LogP contribution < -0.4 is 10.5 Å². The van der Waals surface area contributed by atoms with Crippen molar-refractivity contribution < 1.29 is 9.90 Å². The Morgan fingerprint density at radius 3 is 2.60 bits per heavy atom. The van der Waals surface area contributed by atoms with Crippen molar-refractivity contribution in [2.24, 2.45) is 11.7 Å². The first-order valence-electron chi connectivity index (χ1n) is 5.43. The van der Waals surface area contributed by atoms with Crippen LogP contribution in [0, 0.1) is 5.92 Å². The van der Waals surface area contributed by atoms with E-state index in [9.17, 15) is 9.90 Å². The number of aliphatic hydroxyl groups excluding tert-OH is 1. The normalized spacial score (nSPS) is 22.0. The van der Waals surface area contributed by atoms with E-state index in [0.717, 1.165) is 12.8 Å². The first kappa shape index (κ1) is 12.6. The van der Waals surface area contributed by atoms with Crippen molar-refractivity contribution in [2.45, 2.75) is 43.8 Å². The lowest BCUT2D eigenvalue weighted by atomic mass is 9.80. The molecule has 15 heavy (non-hydrogen) atoms. The van der Waals surface area contributed by atoms with Gasteiger partial charge in [-0.2, -0.15) is 0 Å². The zero-order valence-electron chi connectivity index (χ0n) is 9.16. The number of nitrogens with one attached hydrogen (secondary N) is 1. The SMILES string of the molecule is CC(CO)(SNC(N)=O)C1CCCCC1. The van der Waals surface area contributed by atoms with Crippen molar-refractivity contribution in [1.29, 1.82) is 0 Å². The number of hydrogen-bond acceptors (Lipinski definition) is 3. The summed E-state index contributed by atoms with van der Waals surface area (Å²) in [7, 11) is 0. The summed E-state index contributed by atoms with van der Waals surface area (Å²) in [4.78, 5) is 10.7. The van der Waals surface area contributed by atoms with E-state index < -0.39 is 6.03 Å². The van der Waals surface area contributed by atoms with E-state index in [2.05, 4.69) is 4.72 Å². The number of hydrogen-bond donors (Lipinski definition) is 3. The minimum atomic E-state index is -0.546. The second-order valence-corrected chi connectivity index (χ2v) is 5.71. The fraction of sp³-hybridized carbons (Fsp3) is 0.900. The first-order chi connectivity index (χ1) is 7.08. The van der Waals surface area contributed by atoms with Crippen molar-refractivity contribution >= 4 is 18.0 Å². The zero-order chi connectivity index (χ0) is 11.3. The molecule has 2 amide bonds. The smallest absolute Gasteiger partial charge is 0.322 e. The Morgan fingerprint density at radius 1 is 1.53 bits per heavy atom. The molecule has 0 saturated heterocycles. The zero-order valence-corrected chi connectivity index (χ0v) is 9.98. The summed E-state index contributed by atoms with van der Waals surface area (Å²) in [6, 6.07) is -0.546. The van der Waals surface area contributed by atoms with Gasteiger partial charge in [0.05, 0.1) is 11.4 Å². The molecular formula is C10H20N2O2S. The highest BCUT2D eigenvalue weighted by atomic mass is 32.2. The average Bonchev–Trinajstić information content (AvgIpc) is 2.27. The van der Waals surface area contributed by atoms with Gasteiger partial charge in [-0.05, 0) is 37.6 Å². The van der Waals surface area contributed by atoms with Gasteiger partial charge < -0.3 is 10.8 Å². The van der Waals surface area contributed by atoms with E-state index in [1.165, 1.54) is 31.2 Å². The minimum Gasteiger partial charge on any atom is -0.395 e. The Hall–Kier alpha value is -0.420. The molecule has 0 aromatic carbocycles. The Morgan fingerprint density at radius 2 is 2.13 bits per heavy atom. The van der Waals surface area contributed by atoms with E-state index in [-0.39, 0.29) is 11.4 Å². The second kappa shape index (κ2) is 5.61. The van der Waals surface area contributed by atoms with Gasteiger partial charge in [-0.25, -0.2) is 4.79 Å². The van der Waals surface area contributed by atoms with Crippen LogP contribution in [-0.2, 0) is 0 Å². The highest BCUT2D eigenvalue weighted by Gasteiger charge is 2.35. The average molecular weight is 232 g/mol. The second-order valence-electron chi connectivity index (χ2n) is 4.37. The number of primary amides is 1. The third-order valence-corrected chi connectivity index (χ3v) is 4.40. The third-order valence-electron chi connectivity index (χ3n) is 3.17. The molecule has 0 heterocycles.